The third-order valence-electron chi connectivity index (χ3n) is 1.54. The van der Waals surface area contributed by atoms with Gasteiger partial charge in [-0.2, -0.15) is 39.5 Å². The van der Waals surface area contributed by atoms with Gasteiger partial charge in [-0.25, -0.2) is 9.18 Å². The topological polar surface area (TPSA) is 46.5 Å². The van der Waals surface area contributed by atoms with Crippen LogP contribution in [0, 0.1) is 0 Å². The van der Waals surface area contributed by atoms with Crippen molar-refractivity contribution in [2.45, 2.75) is 30.5 Å². The molecule has 1 unspecified atom stereocenters. The molecule has 1 atom stereocenters. The molecular weight excluding hydrogens is 310 g/mol. The van der Waals surface area contributed by atoms with Crippen molar-refractivity contribution in [3.8, 4) is 0 Å². The second kappa shape index (κ2) is 4.68. The Labute approximate surface area is 96.3 Å². The van der Waals surface area contributed by atoms with Crippen LogP contribution in [0.5, 0.6) is 0 Å². The number of alkyl halides is 10. The number of hydrogen-bond donors (Lipinski definition) is 1. The van der Waals surface area contributed by atoms with Crippen molar-refractivity contribution in [1.29, 1.82) is 0 Å². The lowest BCUT2D eigenvalue weighted by molar-refractivity contribution is -0.448. The van der Waals surface area contributed by atoms with E-state index < -0.39 is 36.5 Å². The molecule has 0 saturated carbocycles. The Morgan fingerprint density at radius 2 is 1.32 bits per heavy atom. The maximum Gasteiger partial charge on any atom is 0.462 e. The van der Waals surface area contributed by atoms with Gasteiger partial charge in [0.1, 0.15) is 0 Å². The average Bonchev–Trinajstić information content (AvgIpc) is 2.14. The van der Waals surface area contributed by atoms with E-state index in [0.717, 1.165) is 0 Å². The Kier molecular flexibility index (Phi) is 4.37. The van der Waals surface area contributed by atoms with E-state index >= 15 is 0 Å². The van der Waals surface area contributed by atoms with E-state index in [2.05, 4.69) is 0 Å². The van der Waals surface area contributed by atoms with Crippen LogP contribution >= 0.6 is 0 Å². The third kappa shape index (κ3) is 3.19. The highest BCUT2D eigenvalue weighted by molar-refractivity contribution is 5.75. The molecule has 0 fully saturated rings. The molecule has 0 heterocycles. The first-order chi connectivity index (χ1) is 8.07. The molecule has 0 aromatic carbocycles. The Bertz CT molecular complexity index is 348. The number of aliphatic carboxylic acids is 1. The molecule has 0 radical (unpaired) electrons. The van der Waals surface area contributed by atoms with Crippen LogP contribution in [0.3, 0.4) is 0 Å². The zero-order valence-electron chi connectivity index (χ0n) is 8.12. The van der Waals surface area contributed by atoms with Gasteiger partial charge in [-0.3, -0.25) is 4.74 Å². The fourth-order valence-corrected chi connectivity index (χ4v) is 0.540. The quantitative estimate of drug-likeness (QED) is 0.794. The summed E-state index contributed by atoms with van der Waals surface area (Å²) in [5.41, 5.74) is 0. The van der Waals surface area contributed by atoms with Crippen molar-refractivity contribution in [2.75, 3.05) is 0 Å². The number of ether oxygens (including phenoxy) is 1. The van der Waals surface area contributed by atoms with Gasteiger partial charge in [0.05, 0.1) is 0 Å². The number of halogens is 10. The standard InChI is InChI=1S/C6H2F10O3/c7-1(3(8,9)2(17)18)19-6(15,16)4(10,11)5(12,13)14/h1H,(H,17,18). The first-order valence-corrected chi connectivity index (χ1v) is 3.83. The minimum atomic E-state index is -7.00. The minimum absolute atomic E-state index is 1.95. The smallest absolute Gasteiger partial charge is 0.462 e. The molecule has 1 N–H and O–H groups in total. The summed E-state index contributed by atoms with van der Waals surface area (Å²) in [6, 6.07) is 0. The molecule has 114 valence electrons. The molecule has 0 aromatic heterocycles. The zero-order chi connectivity index (χ0) is 15.9. The monoisotopic (exact) mass is 312 g/mol. The summed E-state index contributed by atoms with van der Waals surface area (Å²) in [5, 5.41) is 7.65. The summed E-state index contributed by atoms with van der Waals surface area (Å²) < 4.78 is 122. The van der Waals surface area contributed by atoms with E-state index in [0.29, 0.717) is 0 Å². The van der Waals surface area contributed by atoms with Gasteiger partial charge in [0.25, 0.3) is 6.36 Å². The molecule has 0 spiro atoms. The molecule has 13 heteroatoms. The molecule has 0 aromatic rings. The van der Waals surface area contributed by atoms with E-state index in [-0.39, 0.29) is 0 Å². The molecule has 0 aliphatic heterocycles. The normalized spacial score (nSPS) is 16.3. The van der Waals surface area contributed by atoms with Gasteiger partial charge >= 0.3 is 30.1 Å². The highest BCUT2D eigenvalue weighted by Crippen LogP contribution is 2.48. The fourth-order valence-electron chi connectivity index (χ4n) is 0.540. The molecular formula is C6H2F10O3. The Morgan fingerprint density at radius 1 is 0.947 bits per heavy atom. The molecule has 0 bridgehead atoms. The van der Waals surface area contributed by atoms with Gasteiger partial charge < -0.3 is 5.11 Å². The predicted molar refractivity (Wildman–Crippen MR) is 34.5 cm³/mol. The first-order valence-electron chi connectivity index (χ1n) is 3.83. The van der Waals surface area contributed by atoms with E-state index in [1.807, 2.05) is 4.74 Å². The summed E-state index contributed by atoms with van der Waals surface area (Å²) in [5.74, 6) is -16.1. The molecule has 0 rings (SSSR count). The highest BCUT2D eigenvalue weighted by atomic mass is 19.4. The van der Waals surface area contributed by atoms with Crippen molar-refractivity contribution in [2.24, 2.45) is 0 Å². The molecule has 0 aliphatic carbocycles. The lowest BCUT2D eigenvalue weighted by Crippen LogP contribution is -2.56. The average molecular weight is 312 g/mol. The Morgan fingerprint density at radius 3 is 1.58 bits per heavy atom. The van der Waals surface area contributed by atoms with E-state index in [1.54, 1.807) is 0 Å². The van der Waals surface area contributed by atoms with Crippen molar-refractivity contribution in [1.82, 2.24) is 0 Å². The lowest BCUT2D eigenvalue weighted by atomic mass is 10.3. The van der Waals surface area contributed by atoms with Crippen molar-refractivity contribution >= 4 is 5.97 Å². The van der Waals surface area contributed by atoms with Crippen molar-refractivity contribution in [3.63, 3.8) is 0 Å². The van der Waals surface area contributed by atoms with Crippen LogP contribution in [0.25, 0.3) is 0 Å². The van der Waals surface area contributed by atoms with Crippen LogP contribution in [0.1, 0.15) is 0 Å². The number of carboxylic acid groups (broad SMARTS) is 1. The highest BCUT2D eigenvalue weighted by Gasteiger charge is 2.76. The first kappa shape index (κ1) is 17.7. The van der Waals surface area contributed by atoms with Crippen LogP contribution in [-0.2, 0) is 9.53 Å². The SMILES string of the molecule is O=C(O)C(F)(F)C(F)OC(F)(F)C(F)(F)C(F)(F)F. The van der Waals surface area contributed by atoms with Gasteiger partial charge in [-0.1, -0.05) is 0 Å². The molecule has 19 heavy (non-hydrogen) atoms. The maximum atomic E-state index is 12.3. The maximum absolute atomic E-state index is 12.3. The van der Waals surface area contributed by atoms with Crippen LogP contribution in [-0.4, -0.2) is 41.6 Å². The molecule has 3 nitrogen and oxygen atoms in total. The van der Waals surface area contributed by atoms with Crippen molar-refractivity contribution in [3.05, 3.63) is 0 Å². The van der Waals surface area contributed by atoms with Crippen LogP contribution in [0.4, 0.5) is 43.9 Å². The number of rotatable bonds is 5. The predicted octanol–water partition coefficient (Wildman–Crippen LogP) is 2.81. The lowest BCUT2D eigenvalue weighted by Gasteiger charge is -2.29. The second-order valence-corrected chi connectivity index (χ2v) is 2.95. The molecule has 0 aliphatic rings. The van der Waals surface area contributed by atoms with Gasteiger partial charge in [0.2, 0.25) is 0 Å². The number of carboxylic acids is 1. The number of carbonyl (C=O) groups is 1. The van der Waals surface area contributed by atoms with E-state index in [9.17, 15) is 48.7 Å². The molecule has 0 amide bonds. The Balaban J connectivity index is 5.24. The van der Waals surface area contributed by atoms with Gasteiger partial charge in [0.15, 0.2) is 0 Å². The van der Waals surface area contributed by atoms with Crippen LogP contribution in [0.15, 0.2) is 0 Å². The fraction of sp³-hybridized carbons (Fsp3) is 0.833. The summed E-state index contributed by atoms with van der Waals surface area (Å²) in [6.45, 7) is 0. The largest absolute Gasteiger partial charge is 0.477 e. The zero-order valence-corrected chi connectivity index (χ0v) is 8.12. The van der Waals surface area contributed by atoms with Crippen LogP contribution in [0.2, 0.25) is 0 Å². The Hall–Kier alpha value is -1.27. The van der Waals surface area contributed by atoms with Crippen molar-refractivity contribution < 1.29 is 58.5 Å². The van der Waals surface area contributed by atoms with Gasteiger partial charge in [-0.05, 0) is 0 Å². The minimum Gasteiger partial charge on any atom is -0.477 e. The second-order valence-electron chi connectivity index (χ2n) is 2.95. The van der Waals surface area contributed by atoms with E-state index in [4.69, 9.17) is 5.11 Å². The number of hydrogen-bond acceptors (Lipinski definition) is 2. The summed E-state index contributed by atoms with van der Waals surface area (Å²) in [4.78, 5) is 9.67. The van der Waals surface area contributed by atoms with E-state index in [1.165, 1.54) is 0 Å². The molecule has 0 saturated heterocycles. The summed E-state index contributed by atoms with van der Waals surface area (Å²) in [7, 11) is 0. The van der Waals surface area contributed by atoms with Gasteiger partial charge in [0, 0.05) is 0 Å². The summed E-state index contributed by atoms with van der Waals surface area (Å²) in [6.07, 6.45) is -18.6. The van der Waals surface area contributed by atoms with Crippen LogP contribution < -0.4 is 0 Å². The van der Waals surface area contributed by atoms with Gasteiger partial charge in [-0.15, -0.1) is 0 Å². The third-order valence-corrected chi connectivity index (χ3v) is 1.54. The summed E-state index contributed by atoms with van der Waals surface area (Å²) >= 11 is 0.